The molecule has 0 saturated heterocycles. The quantitative estimate of drug-likeness (QED) is 0.488. The number of rotatable bonds is 8. The van der Waals surface area contributed by atoms with Crippen molar-refractivity contribution in [3.63, 3.8) is 0 Å². The molecule has 2 aromatic rings. The highest BCUT2D eigenvalue weighted by Gasteiger charge is 2.07. The molecule has 7 heteroatoms. The molecule has 0 heterocycles. The molecule has 0 aromatic heterocycles. The number of halogens is 1. The molecule has 0 bridgehead atoms. The van der Waals surface area contributed by atoms with Crippen LogP contribution in [0.25, 0.3) is 0 Å². The van der Waals surface area contributed by atoms with E-state index in [-0.39, 0.29) is 18.4 Å². The second-order valence-corrected chi connectivity index (χ2v) is 5.97. The number of hydrogen-bond acceptors (Lipinski definition) is 4. The summed E-state index contributed by atoms with van der Waals surface area (Å²) in [4.78, 5) is 4.43. The van der Waals surface area contributed by atoms with Gasteiger partial charge in [-0.2, -0.15) is 0 Å². The lowest BCUT2D eigenvalue weighted by molar-refractivity contribution is 0.223. The third kappa shape index (κ3) is 6.69. The first-order chi connectivity index (χ1) is 13.0. The van der Waals surface area contributed by atoms with E-state index in [1.165, 1.54) is 12.1 Å². The average molecular weight is 375 g/mol. The molecule has 2 rings (SSSR count). The number of aromatic hydroxyl groups is 1. The molecule has 6 nitrogen and oxygen atoms in total. The fraction of sp³-hybridized carbons (Fsp3) is 0.350. The fourth-order valence-electron chi connectivity index (χ4n) is 2.35. The SMILES string of the molecule is CCNC(=NCc1ccc(O)c(F)c1)NCC(C)Oc1cccc(OC)c1. The van der Waals surface area contributed by atoms with Crippen LogP contribution in [-0.4, -0.2) is 37.4 Å². The van der Waals surface area contributed by atoms with E-state index in [1.807, 2.05) is 38.1 Å². The molecule has 0 radical (unpaired) electrons. The van der Waals surface area contributed by atoms with Gasteiger partial charge in [0.05, 0.1) is 20.2 Å². The van der Waals surface area contributed by atoms with Crippen molar-refractivity contribution in [1.29, 1.82) is 0 Å². The van der Waals surface area contributed by atoms with E-state index in [0.717, 1.165) is 11.5 Å². The second-order valence-electron chi connectivity index (χ2n) is 5.97. The van der Waals surface area contributed by atoms with Gasteiger partial charge in [-0.15, -0.1) is 0 Å². The lowest BCUT2D eigenvalue weighted by atomic mass is 10.2. The predicted octanol–water partition coefficient (Wildman–Crippen LogP) is 3.06. The topological polar surface area (TPSA) is 75.1 Å². The Kier molecular flexibility index (Phi) is 7.73. The third-order valence-corrected chi connectivity index (χ3v) is 3.71. The van der Waals surface area contributed by atoms with E-state index < -0.39 is 5.82 Å². The van der Waals surface area contributed by atoms with E-state index in [1.54, 1.807) is 13.2 Å². The van der Waals surface area contributed by atoms with Gasteiger partial charge in [0.15, 0.2) is 17.5 Å². The van der Waals surface area contributed by atoms with Crippen molar-refractivity contribution >= 4 is 5.96 Å². The van der Waals surface area contributed by atoms with Crippen molar-refractivity contribution < 1.29 is 19.0 Å². The summed E-state index contributed by atoms with van der Waals surface area (Å²) >= 11 is 0. The van der Waals surface area contributed by atoms with Crippen LogP contribution in [0.3, 0.4) is 0 Å². The number of guanidine groups is 1. The molecule has 0 amide bonds. The van der Waals surface area contributed by atoms with E-state index >= 15 is 0 Å². The van der Waals surface area contributed by atoms with Gasteiger partial charge in [-0.3, -0.25) is 0 Å². The Morgan fingerprint density at radius 2 is 1.96 bits per heavy atom. The van der Waals surface area contributed by atoms with Crippen LogP contribution in [-0.2, 0) is 6.54 Å². The molecule has 2 aromatic carbocycles. The fourth-order valence-corrected chi connectivity index (χ4v) is 2.35. The van der Waals surface area contributed by atoms with Gasteiger partial charge < -0.3 is 25.2 Å². The average Bonchev–Trinajstić information content (AvgIpc) is 2.66. The summed E-state index contributed by atoms with van der Waals surface area (Å²) in [5, 5.41) is 15.6. The zero-order chi connectivity index (χ0) is 19.6. The largest absolute Gasteiger partial charge is 0.505 e. The summed E-state index contributed by atoms with van der Waals surface area (Å²) in [6.45, 7) is 5.44. The monoisotopic (exact) mass is 375 g/mol. The number of methoxy groups -OCH3 is 1. The van der Waals surface area contributed by atoms with Gasteiger partial charge >= 0.3 is 0 Å². The molecule has 146 valence electrons. The molecule has 27 heavy (non-hydrogen) atoms. The van der Waals surface area contributed by atoms with E-state index in [9.17, 15) is 9.50 Å². The van der Waals surface area contributed by atoms with E-state index in [0.29, 0.717) is 24.6 Å². The van der Waals surface area contributed by atoms with Crippen molar-refractivity contribution in [2.45, 2.75) is 26.5 Å². The van der Waals surface area contributed by atoms with Crippen LogP contribution in [0.15, 0.2) is 47.5 Å². The van der Waals surface area contributed by atoms with Gasteiger partial charge in [0.1, 0.15) is 17.6 Å². The smallest absolute Gasteiger partial charge is 0.191 e. The summed E-state index contributed by atoms with van der Waals surface area (Å²) in [6, 6.07) is 11.7. The highest BCUT2D eigenvalue weighted by atomic mass is 19.1. The number of hydrogen-bond donors (Lipinski definition) is 3. The van der Waals surface area contributed by atoms with Crippen molar-refractivity contribution in [2.75, 3.05) is 20.2 Å². The number of aliphatic imine (C=N–C) groups is 1. The maximum Gasteiger partial charge on any atom is 0.191 e. The van der Waals surface area contributed by atoms with E-state index in [4.69, 9.17) is 9.47 Å². The number of nitrogens with one attached hydrogen (secondary N) is 2. The summed E-state index contributed by atoms with van der Waals surface area (Å²) in [5.41, 5.74) is 0.670. The van der Waals surface area contributed by atoms with Gasteiger partial charge in [-0.25, -0.2) is 9.38 Å². The minimum atomic E-state index is -0.652. The Morgan fingerprint density at radius 1 is 1.19 bits per heavy atom. The number of phenolic OH excluding ortho intramolecular Hbond substituents is 1. The number of benzene rings is 2. The van der Waals surface area contributed by atoms with Gasteiger partial charge in [-0.05, 0) is 43.7 Å². The molecule has 0 fully saturated rings. The summed E-state index contributed by atoms with van der Waals surface area (Å²) < 4.78 is 24.5. The molecular formula is C20H26FN3O3. The number of nitrogens with zero attached hydrogens (tertiary/aromatic N) is 1. The van der Waals surface area contributed by atoms with Crippen LogP contribution < -0.4 is 20.1 Å². The second kappa shape index (κ2) is 10.3. The molecule has 0 aliphatic carbocycles. The van der Waals surface area contributed by atoms with Gasteiger partial charge in [-0.1, -0.05) is 12.1 Å². The van der Waals surface area contributed by atoms with Crippen LogP contribution >= 0.6 is 0 Å². The van der Waals surface area contributed by atoms with Crippen LogP contribution in [0.2, 0.25) is 0 Å². The van der Waals surface area contributed by atoms with Crippen LogP contribution in [0.4, 0.5) is 4.39 Å². The predicted molar refractivity (Wildman–Crippen MR) is 104 cm³/mol. The van der Waals surface area contributed by atoms with Crippen molar-refractivity contribution in [2.24, 2.45) is 4.99 Å². The number of phenols is 1. The van der Waals surface area contributed by atoms with Crippen molar-refractivity contribution in [1.82, 2.24) is 10.6 Å². The van der Waals surface area contributed by atoms with Crippen molar-refractivity contribution in [3.05, 3.63) is 53.8 Å². The van der Waals surface area contributed by atoms with Gasteiger partial charge in [0.25, 0.3) is 0 Å². The maximum atomic E-state index is 13.4. The molecule has 0 aliphatic heterocycles. The molecule has 0 aliphatic rings. The van der Waals surface area contributed by atoms with Crippen LogP contribution in [0.1, 0.15) is 19.4 Å². The highest BCUT2D eigenvalue weighted by Crippen LogP contribution is 2.20. The molecule has 1 unspecified atom stereocenters. The Bertz CT molecular complexity index is 768. The Morgan fingerprint density at radius 3 is 2.67 bits per heavy atom. The standard InChI is InChI=1S/C20H26FN3O3/c1-4-22-20(24-13-15-8-9-19(25)18(21)10-15)23-12-14(2)27-17-7-5-6-16(11-17)26-3/h5-11,14,25H,4,12-13H2,1-3H3,(H2,22,23,24). The van der Waals surface area contributed by atoms with Gasteiger partial charge in [0, 0.05) is 12.6 Å². The highest BCUT2D eigenvalue weighted by molar-refractivity contribution is 5.79. The lowest BCUT2D eigenvalue weighted by Gasteiger charge is -2.18. The molecule has 0 spiro atoms. The van der Waals surface area contributed by atoms with E-state index in [2.05, 4.69) is 15.6 Å². The maximum absolute atomic E-state index is 13.4. The van der Waals surface area contributed by atoms with Crippen LogP contribution in [0.5, 0.6) is 17.2 Å². The first-order valence-corrected chi connectivity index (χ1v) is 8.82. The zero-order valence-electron chi connectivity index (χ0n) is 15.8. The first-order valence-electron chi connectivity index (χ1n) is 8.82. The molecule has 1 atom stereocenters. The summed E-state index contributed by atoms with van der Waals surface area (Å²) in [6.07, 6.45) is -0.105. The Hall–Kier alpha value is -2.96. The van der Waals surface area contributed by atoms with Gasteiger partial charge in [0.2, 0.25) is 0 Å². The Balaban J connectivity index is 1.91. The Labute approximate surface area is 159 Å². The lowest BCUT2D eigenvalue weighted by Crippen LogP contribution is -2.41. The zero-order valence-corrected chi connectivity index (χ0v) is 15.8. The number of ether oxygens (including phenoxy) is 2. The summed E-state index contributed by atoms with van der Waals surface area (Å²) in [7, 11) is 1.61. The van der Waals surface area contributed by atoms with Crippen molar-refractivity contribution in [3.8, 4) is 17.2 Å². The summed E-state index contributed by atoms with van der Waals surface area (Å²) in [5.74, 6) is 1.05. The minimum absolute atomic E-state index is 0.105. The molecular weight excluding hydrogens is 349 g/mol. The van der Waals surface area contributed by atoms with Crippen LogP contribution in [0, 0.1) is 5.82 Å². The molecule has 0 saturated carbocycles. The third-order valence-electron chi connectivity index (χ3n) is 3.71. The normalized spacial score (nSPS) is 12.4. The minimum Gasteiger partial charge on any atom is -0.505 e. The molecule has 3 N–H and O–H groups in total. The first kappa shape index (κ1) is 20.4.